The summed E-state index contributed by atoms with van der Waals surface area (Å²) in [5, 5.41) is 12.0. The molecule has 0 saturated carbocycles. The smallest absolute Gasteiger partial charge is 0.236 e. The number of pyridine rings is 1. The third kappa shape index (κ3) is 5.57. The number of hydrogen-bond acceptors (Lipinski definition) is 6. The van der Waals surface area contributed by atoms with Crippen LogP contribution in [0.25, 0.3) is 0 Å². The number of carbonyl (C=O) groups is 1. The van der Waals surface area contributed by atoms with Crippen molar-refractivity contribution in [3.8, 4) is 5.75 Å². The Morgan fingerprint density at radius 2 is 1.97 bits per heavy atom. The van der Waals surface area contributed by atoms with Crippen molar-refractivity contribution in [3.05, 3.63) is 60.0 Å². The Labute approximate surface area is 174 Å². The van der Waals surface area contributed by atoms with Crippen LogP contribution in [0.5, 0.6) is 5.75 Å². The summed E-state index contributed by atoms with van der Waals surface area (Å²) in [6, 6.07) is 13.5. The molecule has 1 N–H and O–H groups in total. The highest BCUT2D eigenvalue weighted by atomic mass is 32.2. The molecule has 0 aliphatic heterocycles. The molecule has 1 aromatic carbocycles. The van der Waals surface area contributed by atoms with Gasteiger partial charge in [0.15, 0.2) is 17.1 Å². The first-order valence-corrected chi connectivity index (χ1v) is 10.6. The first kappa shape index (κ1) is 20.9. The van der Waals surface area contributed by atoms with Crippen molar-refractivity contribution in [3.63, 3.8) is 0 Å². The molecule has 3 aromatic rings. The number of rotatable bonds is 9. The summed E-state index contributed by atoms with van der Waals surface area (Å²) in [5.74, 6) is 2.15. The SMILES string of the molecule is CCc1ccc(O[C@H](C)c2nnc(SCC(=O)Nc3ccccn3)n2CC)cc1. The normalized spacial score (nSPS) is 11.8. The van der Waals surface area contributed by atoms with Crippen molar-refractivity contribution in [1.82, 2.24) is 19.7 Å². The van der Waals surface area contributed by atoms with Crippen LogP contribution >= 0.6 is 11.8 Å². The Morgan fingerprint density at radius 3 is 2.62 bits per heavy atom. The third-order valence-corrected chi connectivity index (χ3v) is 5.30. The zero-order valence-corrected chi connectivity index (χ0v) is 17.6. The molecule has 0 aliphatic rings. The lowest BCUT2D eigenvalue weighted by atomic mass is 10.2. The molecule has 152 valence electrons. The fraction of sp³-hybridized carbons (Fsp3) is 0.333. The van der Waals surface area contributed by atoms with E-state index in [-0.39, 0.29) is 17.8 Å². The van der Waals surface area contributed by atoms with Crippen molar-refractivity contribution in [2.45, 2.75) is 45.0 Å². The van der Waals surface area contributed by atoms with Gasteiger partial charge < -0.3 is 14.6 Å². The number of benzene rings is 1. The number of carbonyl (C=O) groups excluding carboxylic acids is 1. The number of hydrogen-bond donors (Lipinski definition) is 1. The van der Waals surface area contributed by atoms with Crippen LogP contribution in [0, 0.1) is 0 Å². The number of thioether (sulfide) groups is 1. The van der Waals surface area contributed by atoms with E-state index in [1.165, 1.54) is 17.3 Å². The van der Waals surface area contributed by atoms with Gasteiger partial charge in [0.05, 0.1) is 5.75 Å². The topological polar surface area (TPSA) is 81.9 Å². The Hall–Kier alpha value is -2.87. The lowest BCUT2D eigenvalue weighted by Gasteiger charge is -2.15. The second-order valence-corrected chi connectivity index (χ2v) is 7.34. The first-order chi connectivity index (χ1) is 14.1. The summed E-state index contributed by atoms with van der Waals surface area (Å²) in [5.41, 5.74) is 1.27. The fourth-order valence-electron chi connectivity index (χ4n) is 2.81. The van der Waals surface area contributed by atoms with E-state index in [9.17, 15) is 4.79 Å². The highest BCUT2D eigenvalue weighted by Crippen LogP contribution is 2.25. The molecule has 29 heavy (non-hydrogen) atoms. The van der Waals surface area contributed by atoms with Crippen molar-refractivity contribution in [1.29, 1.82) is 0 Å². The highest BCUT2D eigenvalue weighted by Gasteiger charge is 2.19. The quantitative estimate of drug-likeness (QED) is 0.533. The predicted molar refractivity (Wildman–Crippen MR) is 114 cm³/mol. The summed E-state index contributed by atoms with van der Waals surface area (Å²) in [6.07, 6.45) is 2.38. The van der Waals surface area contributed by atoms with Gasteiger partial charge in [-0.05, 0) is 50.1 Å². The molecule has 2 heterocycles. The third-order valence-electron chi connectivity index (χ3n) is 4.33. The number of nitrogens with zero attached hydrogens (tertiary/aromatic N) is 4. The Balaban J connectivity index is 1.62. The molecule has 2 aromatic heterocycles. The fourth-order valence-corrected chi connectivity index (χ4v) is 3.62. The van der Waals surface area contributed by atoms with Crippen molar-refractivity contribution in [2.24, 2.45) is 0 Å². The molecule has 3 rings (SSSR count). The molecule has 0 bridgehead atoms. The molecule has 1 atom stereocenters. The summed E-state index contributed by atoms with van der Waals surface area (Å²) in [7, 11) is 0. The van der Waals surface area contributed by atoms with Crippen LogP contribution in [0.1, 0.15) is 38.3 Å². The first-order valence-electron chi connectivity index (χ1n) is 9.63. The maximum Gasteiger partial charge on any atom is 0.236 e. The molecule has 0 saturated heterocycles. The van der Waals surface area contributed by atoms with Crippen LogP contribution < -0.4 is 10.1 Å². The van der Waals surface area contributed by atoms with E-state index in [0.717, 1.165) is 18.0 Å². The summed E-state index contributed by atoms with van der Waals surface area (Å²) >= 11 is 1.34. The van der Waals surface area contributed by atoms with Gasteiger partial charge in [0, 0.05) is 12.7 Å². The van der Waals surface area contributed by atoms with E-state index >= 15 is 0 Å². The summed E-state index contributed by atoms with van der Waals surface area (Å²) in [4.78, 5) is 16.3. The molecular weight excluding hydrogens is 386 g/mol. The second-order valence-electron chi connectivity index (χ2n) is 6.39. The number of nitrogens with one attached hydrogen (secondary N) is 1. The Kier molecular flexibility index (Phi) is 7.24. The average molecular weight is 412 g/mol. The predicted octanol–water partition coefficient (Wildman–Crippen LogP) is 4.13. The van der Waals surface area contributed by atoms with Gasteiger partial charge in [-0.3, -0.25) is 4.79 Å². The van der Waals surface area contributed by atoms with Crippen LogP contribution in [0.15, 0.2) is 53.8 Å². The maximum atomic E-state index is 12.2. The Morgan fingerprint density at radius 1 is 1.17 bits per heavy atom. The van der Waals surface area contributed by atoms with Crippen molar-refractivity contribution in [2.75, 3.05) is 11.1 Å². The van der Waals surface area contributed by atoms with Crippen LogP contribution in [-0.2, 0) is 17.8 Å². The molecule has 8 heteroatoms. The van der Waals surface area contributed by atoms with Crippen LogP contribution in [0.2, 0.25) is 0 Å². The molecule has 0 fully saturated rings. The minimum absolute atomic E-state index is 0.138. The molecule has 0 radical (unpaired) electrons. The minimum Gasteiger partial charge on any atom is -0.483 e. The van der Waals surface area contributed by atoms with Crippen LogP contribution in [0.3, 0.4) is 0 Å². The monoisotopic (exact) mass is 411 g/mol. The zero-order chi connectivity index (χ0) is 20.6. The number of anilines is 1. The molecule has 7 nitrogen and oxygen atoms in total. The standard InChI is InChI=1S/C21H25N5O2S/c1-4-16-9-11-17(12-10-16)28-15(3)20-24-25-21(26(20)5-2)29-14-19(27)23-18-8-6-7-13-22-18/h6-13,15H,4-5,14H2,1-3H3,(H,22,23,27)/t15-/m1/s1. The maximum absolute atomic E-state index is 12.2. The van der Waals surface area contributed by atoms with E-state index in [1.54, 1.807) is 18.3 Å². The molecule has 0 aliphatic carbocycles. The molecule has 1 amide bonds. The van der Waals surface area contributed by atoms with Gasteiger partial charge in [-0.1, -0.05) is 36.9 Å². The van der Waals surface area contributed by atoms with Gasteiger partial charge in [-0.2, -0.15) is 0 Å². The molecule has 0 spiro atoms. The number of ether oxygens (including phenoxy) is 1. The van der Waals surface area contributed by atoms with E-state index < -0.39 is 0 Å². The molecular formula is C21H25N5O2S. The average Bonchev–Trinajstić information content (AvgIpc) is 3.16. The number of amides is 1. The van der Waals surface area contributed by atoms with Crippen molar-refractivity contribution >= 4 is 23.5 Å². The van der Waals surface area contributed by atoms with Crippen molar-refractivity contribution < 1.29 is 9.53 Å². The van der Waals surface area contributed by atoms with E-state index in [4.69, 9.17) is 4.74 Å². The number of aromatic nitrogens is 4. The van der Waals surface area contributed by atoms with E-state index in [1.807, 2.05) is 36.6 Å². The van der Waals surface area contributed by atoms with Gasteiger partial charge in [0.25, 0.3) is 0 Å². The zero-order valence-electron chi connectivity index (χ0n) is 16.8. The van der Waals surface area contributed by atoms with Gasteiger partial charge >= 0.3 is 0 Å². The van der Waals surface area contributed by atoms with E-state index in [2.05, 4.69) is 39.6 Å². The summed E-state index contributed by atoms with van der Waals surface area (Å²) in [6.45, 7) is 6.78. The van der Waals surface area contributed by atoms with Crippen LogP contribution in [0.4, 0.5) is 5.82 Å². The van der Waals surface area contributed by atoms with Gasteiger partial charge in [-0.25, -0.2) is 4.98 Å². The largest absolute Gasteiger partial charge is 0.483 e. The Bertz CT molecular complexity index is 928. The molecule has 0 unspecified atom stereocenters. The minimum atomic E-state index is -0.258. The van der Waals surface area contributed by atoms with Crippen LogP contribution in [-0.4, -0.2) is 31.4 Å². The lowest BCUT2D eigenvalue weighted by Crippen LogP contribution is -2.16. The van der Waals surface area contributed by atoms with Gasteiger partial charge in [0.2, 0.25) is 5.91 Å². The second kappa shape index (κ2) is 10.1. The number of aryl methyl sites for hydroxylation is 1. The van der Waals surface area contributed by atoms with Gasteiger partial charge in [-0.15, -0.1) is 10.2 Å². The lowest BCUT2D eigenvalue weighted by molar-refractivity contribution is -0.113. The van der Waals surface area contributed by atoms with Gasteiger partial charge in [0.1, 0.15) is 11.6 Å². The highest BCUT2D eigenvalue weighted by molar-refractivity contribution is 7.99. The van der Waals surface area contributed by atoms with E-state index in [0.29, 0.717) is 17.5 Å². The summed E-state index contributed by atoms with van der Waals surface area (Å²) < 4.78 is 8.02.